The maximum Gasteiger partial charge on any atom is 0.293 e. The first-order chi connectivity index (χ1) is 9.00. The van der Waals surface area contributed by atoms with Crippen LogP contribution in [0.3, 0.4) is 0 Å². The molecule has 0 amide bonds. The molecule has 1 aliphatic rings. The molecular weight excluding hydrogens is 312 g/mol. The van der Waals surface area contributed by atoms with E-state index in [0.29, 0.717) is 10.2 Å². The molecule has 1 aromatic carbocycles. The van der Waals surface area contributed by atoms with Crippen LogP contribution in [0.4, 0.5) is 11.4 Å². The Bertz CT molecular complexity index is 481. The first-order valence-electron chi connectivity index (χ1n) is 6.35. The van der Waals surface area contributed by atoms with Crippen molar-refractivity contribution in [3.63, 3.8) is 0 Å². The number of nitro benzene ring substituents is 1. The van der Waals surface area contributed by atoms with E-state index in [-0.39, 0.29) is 16.7 Å². The second kappa shape index (κ2) is 5.88. The topological polar surface area (TPSA) is 66.6 Å². The van der Waals surface area contributed by atoms with Crippen LogP contribution in [0.5, 0.6) is 0 Å². The van der Waals surface area contributed by atoms with Crippen LogP contribution in [0.15, 0.2) is 22.7 Å². The van der Waals surface area contributed by atoms with Crippen molar-refractivity contribution in [1.82, 2.24) is 0 Å². The van der Waals surface area contributed by atoms with Gasteiger partial charge in [-0.2, -0.15) is 0 Å². The van der Waals surface area contributed by atoms with Crippen molar-refractivity contribution in [2.75, 3.05) is 11.9 Å². The molecule has 1 aromatic rings. The van der Waals surface area contributed by atoms with E-state index in [1.54, 1.807) is 12.1 Å². The molecule has 0 bridgehead atoms. The van der Waals surface area contributed by atoms with Crippen molar-refractivity contribution in [2.45, 2.75) is 37.8 Å². The van der Waals surface area contributed by atoms with Gasteiger partial charge in [0, 0.05) is 17.6 Å². The van der Waals surface area contributed by atoms with E-state index in [0.717, 1.165) is 25.7 Å². The van der Waals surface area contributed by atoms with Gasteiger partial charge in [-0.15, -0.1) is 0 Å². The number of likely N-dealkylation sites (N-methyl/N-ethyl adjacent to an activating group) is 1. The zero-order valence-corrected chi connectivity index (χ0v) is 12.3. The lowest BCUT2D eigenvalue weighted by atomic mass is 9.91. The van der Waals surface area contributed by atoms with Crippen LogP contribution >= 0.6 is 15.9 Å². The van der Waals surface area contributed by atoms with Crippen LogP contribution in [0.2, 0.25) is 0 Å². The minimum absolute atomic E-state index is 0.0476. The molecule has 0 heterocycles. The third kappa shape index (κ3) is 3.06. The molecular formula is C13H17BrN2O3. The number of hydrogen-bond acceptors (Lipinski definition) is 4. The lowest BCUT2D eigenvalue weighted by molar-refractivity contribution is -0.384. The Hall–Kier alpha value is -1.14. The Labute approximate surface area is 120 Å². The van der Waals surface area contributed by atoms with E-state index in [1.807, 2.05) is 11.9 Å². The smallest absolute Gasteiger partial charge is 0.293 e. The molecule has 104 valence electrons. The minimum atomic E-state index is -0.415. The van der Waals surface area contributed by atoms with Crippen LogP contribution in [-0.2, 0) is 0 Å². The number of hydrogen-bond donors (Lipinski definition) is 1. The molecule has 2 rings (SSSR count). The zero-order chi connectivity index (χ0) is 14.0. The number of rotatable bonds is 3. The zero-order valence-electron chi connectivity index (χ0n) is 10.8. The summed E-state index contributed by atoms with van der Waals surface area (Å²) < 4.78 is 0.681. The molecule has 19 heavy (non-hydrogen) atoms. The number of benzene rings is 1. The van der Waals surface area contributed by atoms with Crippen molar-refractivity contribution < 1.29 is 10.0 Å². The summed E-state index contributed by atoms with van der Waals surface area (Å²) in [6, 6.07) is 4.96. The average Bonchev–Trinajstić information content (AvgIpc) is 2.38. The average molecular weight is 329 g/mol. The predicted octanol–water partition coefficient (Wildman–Crippen LogP) is 3.10. The summed E-state index contributed by atoms with van der Waals surface area (Å²) in [6.07, 6.45) is 3.29. The Balaban J connectivity index is 2.32. The normalized spacial score (nSPS) is 23.1. The summed E-state index contributed by atoms with van der Waals surface area (Å²) in [5.41, 5.74) is 0.619. The van der Waals surface area contributed by atoms with Crippen molar-refractivity contribution in [2.24, 2.45) is 0 Å². The SMILES string of the molecule is CN(c1ccc(Br)cc1[N+](=O)[O-])C1CCCCC1O. The third-order valence-electron chi connectivity index (χ3n) is 3.71. The first-order valence-corrected chi connectivity index (χ1v) is 7.15. The number of aliphatic hydroxyl groups is 1. The van der Waals surface area contributed by atoms with E-state index in [1.165, 1.54) is 6.07 Å². The molecule has 0 aliphatic heterocycles. The fourth-order valence-corrected chi connectivity index (χ4v) is 3.01. The van der Waals surface area contributed by atoms with Gasteiger partial charge in [-0.05, 0) is 25.0 Å². The fraction of sp³-hybridized carbons (Fsp3) is 0.538. The van der Waals surface area contributed by atoms with Gasteiger partial charge in [0.15, 0.2) is 0 Å². The maximum atomic E-state index is 11.1. The van der Waals surface area contributed by atoms with Gasteiger partial charge in [0.2, 0.25) is 0 Å². The van der Waals surface area contributed by atoms with Crippen LogP contribution in [0.1, 0.15) is 25.7 Å². The fourth-order valence-electron chi connectivity index (χ4n) is 2.66. The summed E-state index contributed by atoms with van der Waals surface area (Å²) in [6.45, 7) is 0. The van der Waals surface area contributed by atoms with Crippen LogP contribution < -0.4 is 4.90 Å². The molecule has 1 fully saturated rings. The summed E-state index contributed by atoms with van der Waals surface area (Å²) in [7, 11) is 1.81. The van der Waals surface area contributed by atoms with Gasteiger partial charge in [-0.25, -0.2) is 0 Å². The number of aliphatic hydroxyl groups excluding tert-OH is 1. The molecule has 1 N–H and O–H groups in total. The molecule has 5 nitrogen and oxygen atoms in total. The molecule has 0 saturated heterocycles. The van der Waals surface area contributed by atoms with Crippen molar-refractivity contribution >= 4 is 27.3 Å². The third-order valence-corrected chi connectivity index (χ3v) is 4.20. The molecule has 2 atom stereocenters. The molecule has 0 spiro atoms. The van der Waals surface area contributed by atoms with Crippen LogP contribution in [0.25, 0.3) is 0 Å². The van der Waals surface area contributed by atoms with Gasteiger partial charge in [0.25, 0.3) is 5.69 Å². The van der Waals surface area contributed by atoms with Gasteiger partial charge in [-0.3, -0.25) is 10.1 Å². The Morgan fingerprint density at radius 3 is 2.74 bits per heavy atom. The van der Waals surface area contributed by atoms with Gasteiger partial charge >= 0.3 is 0 Å². The highest BCUT2D eigenvalue weighted by Crippen LogP contribution is 2.34. The Kier molecular flexibility index (Phi) is 4.42. The number of anilines is 1. The number of nitro groups is 1. The monoisotopic (exact) mass is 328 g/mol. The number of halogens is 1. The summed E-state index contributed by atoms with van der Waals surface area (Å²) >= 11 is 3.25. The van der Waals surface area contributed by atoms with Crippen LogP contribution in [0, 0.1) is 10.1 Å². The Morgan fingerprint density at radius 2 is 2.11 bits per heavy atom. The van der Waals surface area contributed by atoms with Gasteiger partial charge in [0.1, 0.15) is 5.69 Å². The van der Waals surface area contributed by atoms with E-state index in [2.05, 4.69) is 15.9 Å². The predicted molar refractivity (Wildman–Crippen MR) is 77.5 cm³/mol. The second-order valence-corrected chi connectivity index (χ2v) is 5.84. The molecule has 0 radical (unpaired) electrons. The first kappa shape index (κ1) is 14.3. The van der Waals surface area contributed by atoms with Crippen molar-refractivity contribution in [3.05, 3.63) is 32.8 Å². The van der Waals surface area contributed by atoms with Crippen molar-refractivity contribution in [3.8, 4) is 0 Å². The van der Waals surface area contributed by atoms with Gasteiger partial charge in [0.05, 0.1) is 17.1 Å². The maximum absolute atomic E-state index is 11.1. The Morgan fingerprint density at radius 1 is 1.42 bits per heavy atom. The van der Waals surface area contributed by atoms with Crippen LogP contribution in [-0.4, -0.2) is 29.2 Å². The van der Waals surface area contributed by atoms with E-state index >= 15 is 0 Å². The molecule has 0 aromatic heterocycles. The minimum Gasteiger partial charge on any atom is -0.391 e. The van der Waals surface area contributed by atoms with Crippen molar-refractivity contribution in [1.29, 1.82) is 0 Å². The lowest BCUT2D eigenvalue weighted by Gasteiger charge is -2.36. The lowest BCUT2D eigenvalue weighted by Crippen LogP contribution is -2.43. The molecule has 6 heteroatoms. The van der Waals surface area contributed by atoms with Gasteiger partial charge < -0.3 is 10.0 Å². The summed E-state index contributed by atoms with van der Waals surface area (Å²) in [4.78, 5) is 12.6. The van der Waals surface area contributed by atoms with E-state index < -0.39 is 6.10 Å². The van der Waals surface area contributed by atoms with Gasteiger partial charge in [-0.1, -0.05) is 28.8 Å². The molecule has 1 aliphatic carbocycles. The van der Waals surface area contributed by atoms with E-state index in [4.69, 9.17) is 0 Å². The molecule has 1 saturated carbocycles. The highest BCUT2D eigenvalue weighted by atomic mass is 79.9. The number of nitrogens with zero attached hydrogens (tertiary/aromatic N) is 2. The highest BCUT2D eigenvalue weighted by molar-refractivity contribution is 9.10. The summed E-state index contributed by atoms with van der Waals surface area (Å²) in [5.74, 6) is 0. The highest BCUT2D eigenvalue weighted by Gasteiger charge is 2.30. The molecule has 2 unspecified atom stereocenters. The quantitative estimate of drug-likeness (QED) is 0.683. The van der Waals surface area contributed by atoms with E-state index in [9.17, 15) is 15.2 Å². The second-order valence-electron chi connectivity index (χ2n) is 4.92. The standard InChI is InChI=1S/C13H17BrN2O3/c1-15(11-4-2-3-5-13(11)17)10-7-6-9(14)8-12(10)16(18)19/h6-8,11,13,17H,2-5H2,1H3. The summed E-state index contributed by atoms with van der Waals surface area (Å²) in [5, 5.41) is 21.2. The largest absolute Gasteiger partial charge is 0.391 e.